The fourth-order valence-corrected chi connectivity index (χ4v) is 4.13. The molecule has 0 spiro atoms. The van der Waals surface area contributed by atoms with E-state index in [1.807, 2.05) is 27.7 Å². The standard InChI is InChI=1S/C21H36N2O5/c1-6-27-19(26)21(10-7-11-22-14-21)17(24)15(2)23-12-8-16(9-13-23)18(25)28-20(3,4)5/h15-16,22H,6-14H2,1-5H3. The lowest BCUT2D eigenvalue weighted by Gasteiger charge is -2.40. The van der Waals surface area contributed by atoms with Gasteiger partial charge in [-0.3, -0.25) is 19.3 Å². The number of hydrogen-bond acceptors (Lipinski definition) is 7. The molecular formula is C21H36N2O5. The van der Waals surface area contributed by atoms with Gasteiger partial charge in [-0.05, 0) is 79.9 Å². The highest BCUT2D eigenvalue weighted by atomic mass is 16.6. The summed E-state index contributed by atoms with van der Waals surface area (Å²) in [6.07, 6.45) is 2.63. The van der Waals surface area contributed by atoms with Crippen molar-refractivity contribution in [3.8, 4) is 0 Å². The third kappa shape index (κ3) is 5.32. The van der Waals surface area contributed by atoms with Gasteiger partial charge in [-0.1, -0.05) is 0 Å². The van der Waals surface area contributed by atoms with Crippen LogP contribution in [0.5, 0.6) is 0 Å². The molecule has 2 heterocycles. The highest BCUT2D eigenvalue weighted by Gasteiger charge is 2.50. The Morgan fingerprint density at radius 3 is 2.36 bits per heavy atom. The van der Waals surface area contributed by atoms with Crippen LogP contribution in [-0.4, -0.2) is 67.1 Å². The zero-order chi connectivity index (χ0) is 20.9. The van der Waals surface area contributed by atoms with Gasteiger partial charge in [-0.15, -0.1) is 0 Å². The van der Waals surface area contributed by atoms with E-state index in [9.17, 15) is 14.4 Å². The number of ether oxygens (including phenoxy) is 2. The highest BCUT2D eigenvalue weighted by molar-refractivity contribution is 6.06. The molecule has 160 valence electrons. The maximum atomic E-state index is 13.4. The molecule has 0 aromatic rings. The minimum absolute atomic E-state index is 0.0751. The van der Waals surface area contributed by atoms with E-state index < -0.39 is 17.0 Å². The monoisotopic (exact) mass is 396 g/mol. The van der Waals surface area contributed by atoms with Gasteiger partial charge in [0, 0.05) is 6.54 Å². The largest absolute Gasteiger partial charge is 0.465 e. The van der Waals surface area contributed by atoms with Crippen LogP contribution in [0, 0.1) is 11.3 Å². The Bertz CT molecular complexity index is 570. The van der Waals surface area contributed by atoms with Gasteiger partial charge < -0.3 is 14.8 Å². The summed E-state index contributed by atoms with van der Waals surface area (Å²) in [6.45, 7) is 11.9. The molecular weight excluding hydrogens is 360 g/mol. The van der Waals surface area contributed by atoms with Crippen molar-refractivity contribution in [2.75, 3.05) is 32.8 Å². The molecule has 2 rings (SSSR count). The number of Topliss-reactive ketones (excluding diaryl/α,β-unsaturated/α-hetero) is 1. The number of carbonyl (C=O) groups is 3. The van der Waals surface area contributed by atoms with Crippen LogP contribution in [0.25, 0.3) is 0 Å². The zero-order valence-corrected chi connectivity index (χ0v) is 18.0. The number of nitrogens with zero attached hydrogens (tertiary/aromatic N) is 1. The summed E-state index contributed by atoms with van der Waals surface area (Å²) in [6, 6.07) is -0.385. The number of piperidine rings is 2. The molecule has 2 unspecified atom stereocenters. The molecule has 0 aromatic heterocycles. The molecule has 2 atom stereocenters. The van der Waals surface area contributed by atoms with Crippen molar-refractivity contribution < 1.29 is 23.9 Å². The Morgan fingerprint density at radius 2 is 1.86 bits per heavy atom. The van der Waals surface area contributed by atoms with Crippen molar-refractivity contribution in [2.24, 2.45) is 11.3 Å². The van der Waals surface area contributed by atoms with Gasteiger partial charge >= 0.3 is 11.9 Å². The second-order valence-corrected chi connectivity index (χ2v) is 8.97. The Labute approximate surface area is 168 Å². The molecule has 2 aliphatic heterocycles. The molecule has 0 aromatic carbocycles. The van der Waals surface area contributed by atoms with Gasteiger partial charge in [0.15, 0.2) is 5.78 Å². The smallest absolute Gasteiger partial charge is 0.321 e. The maximum absolute atomic E-state index is 13.4. The fourth-order valence-electron chi connectivity index (χ4n) is 4.13. The van der Waals surface area contributed by atoms with Gasteiger partial charge in [0.1, 0.15) is 11.0 Å². The van der Waals surface area contributed by atoms with Gasteiger partial charge in [0.2, 0.25) is 0 Å². The number of likely N-dealkylation sites (tertiary alicyclic amines) is 1. The molecule has 0 amide bonds. The quantitative estimate of drug-likeness (QED) is 0.542. The highest BCUT2D eigenvalue weighted by Crippen LogP contribution is 2.33. The van der Waals surface area contributed by atoms with Crippen molar-refractivity contribution in [3.05, 3.63) is 0 Å². The lowest BCUT2D eigenvalue weighted by molar-refractivity contribution is -0.163. The Kier molecular flexibility index (Phi) is 7.62. The van der Waals surface area contributed by atoms with Crippen LogP contribution in [0.3, 0.4) is 0 Å². The molecule has 1 N–H and O–H groups in total. The van der Waals surface area contributed by atoms with Crippen LogP contribution < -0.4 is 5.32 Å². The van der Waals surface area contributed by atoms with Crippen LogP contribution in [0.4, 0.5) is 0 Å². The number of hydrogen-bond donors (Lipinski definition) is 1. The third-order valence-corrected chi connectivity index (χ3v) is 5.72. The van der Waals surface area contributed by atoms with Gasteiger partial charge in [-0.25, -0.2) is 0 Å². The van der Waals surface area contributed by atoms with Gasteiger partial charge in [0.25, 0.3) is 0 Å². The molecule has 0 bridgehead atoms. The summed E-state index contributed by atoms with van der Waals surface area (Å²) in [5, 5.41) is 3.20. The van der Waals surface area contributed by atoms with E-state index in [-0.39, 0.29) is 30.3 Å². The Hall–Kier alpha value is -1.47. The number of nitrogens with one attached hydrogen (secondary N) is 1. The summed E-state index contributed by atoms with van der Waals surface area (Å²) < 4.78 is 10.8. The van der Waals surface area contributed by atoms with E-state index in [1.165, 1.54) is 0 Å². The molecule has 2 aliphatic rings. The van der Waals surface area contributed by atoms with E-state index >= 15 is 0 Å². The summed E-state index contributed by atoms with van der Waals surface area (Å²) in [5.74, 6) is -0.782. The second-order valence-electron chi connectivity index (χ2n) is 8.97. The van der Waals surface area contributed by atoms with Gasteiger partial charge in [-0.2, -0.15) is 0 Å². The Morgan fingerprint density at radius 1 is 1.21 bits per heavy atom. The average molecular weight is 397 g/mol. The molecule has 0 aliphatic carbocycles. The van der Waals surface area contributed by atoms with Crippen molar-refractivity contribution in [3.63, 3.8) is 0 Å². The second kappa shape index (κ2) is 9.35. The molecule has 7 nitrogen and oxygen atoms in total. The normalized spacial score (nSPS) is 25.8. The van der Waals surface area contributed by atoms with Gasteiger partial charge in [0.05, 0.1) is 18.6 Å². The number of ketones is 1. The van der Waals surface area contributed by atoms with E-state index in [0.29, 0.717) is 38.9 Å². The van der Waals surface area contributed by atoms with Crippen LogP contribution in [0.1, 0.15) is 60.3 Å². The van der Waals surface area contributed by atoms with Crippen molar-refractivity contribution >= 4 is 17.7 Å². The van der Waals surface area contributed by atoms with Crippen molar-refractivity contribution in [1.82, 2.24) is 10.2 Å². The molecule has 7 heteroatoms. The van der Waals surface area contributed by atoms with E-state index in [1.54, 1.807) is 6.92 Å². The summed E-state index contributed by atoms with van der Waals surface area (Å²) in [7, 11) is 0. The Balaban J connectivity index is 2.01. The molecule has 0 saturated carbocycles. The SMILES string of the molecule is CCOC(=O)C1(C(=O)C(C)N2CCC(C(=O)OC(C)(C)C)CC2)CCCNC1. The molecule has 2 saturated heterocycles. The first-order valence-corrected chi connectivity index (χ1v) is 10.5. The number of rotatable bonds is 6. The summed E-state index contributed by atoms with van der Waals surface area (Å²) in [5.41, 5.74) is -1.59. The molecule has 0 radical (unpaired) electrons. The lowest BCUT2D eigenvalue weighted by Crippen LogP contribution is -2.58. The van der Waals surface area contributed by atoms with Crippen LogP contribution in [0.2, 0.25) is 0 Å². The molecule has 28 heavy (non-hydrogen) atoms. The third-order valence-electron chi connectivity index (χ3n) is 5.72. The predicted octanol–water partition coefficient (Wildman–Crippen LogP) is 1.93. The first-order valence-electron chi connectivity index (χ1n) is 10.5. The summed E-state index contributed by atoms with van der Waals surface area (Å²) >= 11 is 0. The van der Waals surface area contributed by atoms with Crippen molar-refractivity contribution in [2.45, 2.75) is 71.9 Å². The first kappa shape index (κ1) is 22.8. The maximum Gasteiger partial charge on any atom is 0.321 e. The average Bonchev–Trinajstić information content (AvgIpc) is 2.66. The van der Waals surface area contributed by atoms with E-state index in [0.717, 1.165) is 13.0 Å². The van der Waals surface area contributed by atoms with Crippen LogP contribution in [-0.2, 0) is 23.9 Å². The topological polar surface area (TPSA) is 84.9 Å². The summed E-state index contributed by atoms with van der Waals surface area (Å²) in [4.78, 5) is 40.4. The fraction of sp³-hybridized carbons (Fsp3) is 0.857. The lowest BCUT2D eigenvalue weighted by atomic mass is 9.74. The van der Waals surface area contributed by atoms with Crippen LogP contribution in [0.15, 0.2) is 0 Å². The van der Waals surface area contributed by atoms with Crippen LogP contribution >= 0.6 is 0 Å². The number of esters is 2. The van der Waals surface area contributed by atoms with E-state index in [2.05, 4.69) is 10.2 Å². The number of carbonyl (C=O) groups excluding carboxylic acids is 3. The predicted molar refractivity (Wildman–Crippen MR) is 106 cm³/mol. The molecule has 2 fully saturated rings. The first-order chi connectivity index (χ1) is 13.1. The van der Waals surface area contributed by atoms with E-state index in [4.69, 9.17) is 9.47 Å². The minimum Gasteiger partial charge on any atom is -0.465 e. The zero-order valence-electron chi connectivity index (χ0n) is 18.0. The minimum atomic E-state index is -1.10. The van der Waals surface area contributed by atoms with Crippen molar-refractivity contribution in [1.29, 1.82) is 0 Å².